The third-order valence-electron chi connectivity index (χ3n) is 9.93. The molecular formula is C42H25N5. The van der Waals surface area contributed by atoms with Crippen LogP contribution in [0.5, 0.6) is 0 Å². The Labute approximate surface area is 271 Å². The van der Waals surface area contributed by atoms with Gasteiger partial charge in [0.25, 0.3) is 0 Å². The van der Waals surface area contributed by atoms with Crippen LogP contribution in [0.1, 0.15) is 36.1 Å². The first-order valence-corrected chi connectivity index (χ1v) is 15.5. The SMILES string of the molecule is [C-]#[N+]c1ccc2c(c1)c1ccc3c(c1n2-c1cccc(-n2c4ccc(C#N)cc4c4cc(C#N)ccc42)c1)C(C)(C)c1ccccc1-3. The molecule has 0 aliphatic heterocycles. The van der Waals surface area contributed by atoms with Crippen molar-refractivity contribution in [3.05, 3.63) is 149 Å². The quantitative estimate of drug-likeness (QED) is 0.186. The Kier molecular flexibility index (Phi) is 5.38. The molecule has 1 aliphatic rings. The molecule has 5 nitrogen and oxygen atoms in total. The first-order valence-electron chi connectivity index (χ1n) is 15.5. The van der Waals surface area contributed by atoms with E-state index in [9.17, 15) is 10.5 Å². The lowest BCUT2D eigenvalue weighted by Gasteiger charge is -2.24. The van der Waals surface area contributed by atoms with E-state index >= 15 is 0 Å². The summed E-state index contributed by atoms with van der Waals surface area (Å²) in [6, 6.07) is 43.7. The molecule has 8 aromatic rings. The van der Waals surface area contributed by atoms with E-state index in [1.165, 1.54) is 22.3 Å². The van der Waals surface area contributed by atoms with Crippen molar-refractivity contribution in [2.45, 2.75) is 19.3 Å². The summed E-state index contributed by atoms with van der Waals surface area (Å²) in [5.74, 6) is 0. The minimum Gasteiger partial charge on any atom is -0.309 e. The smallest absolute Gasteiger partial charge is 0.188 e. The van der Waals surface area contributed by atoms with Gasteiger partial charge in [0.05, 0.1) is 51.9 Å². The highest BCUT2D eigenvalue weighted by Gasteiger charge is 2.38. The van der Waals surface area contributed by atoms with Gasteiger partial charge in [0.1, 0.15) is 0 Å². The Morgan fingerprint density at radius 2 is 1.21 bits per heavy atom. The third kappa shape index (κ3) is 3.56. The van der Waals surface area contributed by atoms with E-state index in [0.29, 0.717) is 16.8 Å². The lowest BCUT2D eigenvalue weighted by Crippen LogP contribution is -2.16. The standard InChI is InChI=1S/C42H25N5/c1-42(2)36-10-5-4-9-30(36)31-14-15-32-35-21-27(45-3)13-18-39(35)47(41(32)40(31)42)29-8-6-7-28(22-29)46-37-16-11-25(23-43)19-33(37)34-20-26(24-44)12-17-38(34)46/h4-22H,1-2H3. The molecule has 6 aromatic carbocycles. The lowest BCUT2D eigenvalue weighted by molar-refractivity contribution is 0.664. The van der Waals surface area contributed by atoms with Crippen LogP contribution in [-0.4, -0.2) is 9.13 Å². The molecule has 0 amide bonds. The number of aromatic nitrogens is 2. The number of benzene rings is 6. The third-order valence-corrected chi connectivity index (χ3v) is 9.93. The van der Waals surface area contributed by atoms with Crippen molar-refractivity contribution in [3.63, 3.8) is 0 Å². The summed E-state index contributed by atoms with van der Waals surface area (Å²) in [6.45, 7) is 12.4. The van der Waals surface area contributed by atoms with Crippen LogP contribution in [0.4, 0.5) is 5.69 Å². The maximum absolute atomic E-state index is 9.67. The van der Waals surface area contributed by atoms with Crippen LogP contribution in [0.15, 0.2) is 115 Å². The predicted molar refractivity (Wildman–Crippen MR) is 188 cm³/mol. The maximum atomic E-state index is 9.67. The van der Waals surface area contributed by atoms with Crippen LogP contribution in [0, 0.1) is 29.2 Å². The molecule has 0 saturated carbocycles. The molecule has 9 rings (SSSR count). The van der Waals surface area contributed by atoms with Gasteiger partial charge in [0.15, 0.2) is 5.69 Å². The van der Waals surface area contributed by atoms with Crippen molar-refractivity contribution in [3.8, 4) is 34.6 Å². The first kappa shape index (κ1) is 26.8. The van der Waals surface area contributed by atoms with Crippen LogP contribution in [0.25, 0.3) is 71.0 Å². The summed E-state index contributed by atoms with van der Waals surface area (Å²) < 4.78 is 4.58. The van der Waals surface area contributed by atoms with Gasteiger partial charge in [-0.3, -0.25) is 0 Å². The van der Waals surface area contributed by atoms with Crippen molar-refractivity contribution < 1.29 is 0 Å². The molecule has 0 atom stereocenters. The topological polar surface area (TPSA) is 61.8 Å². The van der Waals surface area contributed by atoms with Gasteiger partial charge in [-0.15, -0.1) is 0 Å². The second-order valence-electron chi connectivity index (χ2n) is 12.7. The summed E-state index contributed by atoms with van der Waals surface area (Å²) in [5.41, 5.74) is 12.8. The summed E-state index contributed by atoms with van der Waals surface area (Å²) in [6.07, 6.45) is 0. The fourth-order valence-electron chi connectivity index (χ4n) is 7.90. The zero-order valence-corrected chi connectivity index (χ0v) is 25.7. The summed E-state index contributed by atoms with van der Waals surface area (Å²) in [7, 11) is 0. The summed E-state index contributed by atoms with van der Waals surface area (Å²) in [5, 5.41) is 23.4. The highest BCUT2D eigenvalue weighted by Crippen LogP contribution is 2.53. The van der Waals surface area contributed by atoms with Crippen LogP contribution < -0.4 is 0 Å². The maximum Gasteiger partial charge on any atom is 0.188 e. The number of nitrogens with zero attached hydrogens (tertiary/aromatic N) is 5. The lowest BCUT2D eigenvalue weighted by atomic mass is 9.81. The number of nitriles is 2. The number of hydrogen-bond acceptors (Lipinski definition) is 2. The molecule has 5 heteroatoms. The number of rotatable bonds is 2. The molecule has 0 spiro atoms. The Morgan fingerprint density at radius 3 is 1.89 bits per heavy atom. The van der Waals surface area contributed by atoms with E-state index in [1.54, 1.807) is 0 Å². The molecule has 2 heterocycles. The Bertz CT molecular complexity index is 2730. The molecule has 0 radical (unpaired) electrons. The molecule has 218 valence electrons. The zero-order chi connectivity index (χ0) is 32.0. The Balaban J connectivity index is 1.38. The molecular weight excluding hydrogens is 574 g/mol. The number of hydrogen-bond donors (Lipinski definition) is 0. The molecule has 1 aliphatic carbocycles. The molecule has 0 N–H and O–H groups in total. The van der Waals surface area contributed by atoms with E-state index in [-0.39, 0.29) is 5.41 Å². The Hall–Kier alpha value is -6.61. The number of fused-ring (bicyclic) bond motifs is 10. The first-order chi connectivity index (χ1) is 22.9. The fourth-order valence-corrected chi connectivity index (χ4v) is 7.90. The fraction of sp³-hybridized carbons (Fsp3) is 0.0714. The van der Waals surface area contributed by atoms with Crippen LogP contribution in [-0.2, 0) is 5.41 Å². The van der Waals surface area contributed by atoms with Crippen molar-refractivity contribution in [2.75, 3.05) is 0 Å². The summed E-state index contributed by atoms with van der Waals surface area (Å²) in [4.78, 5) is 3.77. The van der Waals surface area contributed by atoms with Crippen LogP contribution in [0.3, 0.4) is 0 Å². The second kappa shape index (κ2) is 9.45. The molecule has 0 unspecified atom stereocenters. The normalized spacial score (nSPS) is 13.0. The Morgan fingerprint density at radius 1 is 0.596 bits per heavy atom. The van der Waals surface area contributed by atoms with Gasteiger partial charge in [-0.2, -0.15) is 10.5 Å². The van der Waals surface area contributed by atoms with E-state index < -0.39 is 0 Å². The average molecular weight is 600 g/mol. The van der Waals surface area contributed by atoms with Gasteiger partial charge >= 0.3 is 0 Å². The van der Waals surface area contributed by atoms with Gasteiger partial charge in [0, 0.05) is 32.9 Å². The second-order valence-corrected chi connectivity index (χ2v) is 12.7. The van der Waals surface area contributed by atoms with Gasteiger partial charge in [0.2, 0.25) is 0 Å². The van der Waals surface area contributed by atoms with Crippen molar-refractivity contribution >= 4 is 49.3 Å². The van der Waals surface area contributed by atoms with Crippen molar-refractivity contribution in [1.82, 2.24) is 9.13 Å². The van der Waals surface area contributed by atoms with Crippen molar-refractivity contribution in [2.24, 2.45) is 0 Å². The van der Waals surface area contributed by atoms with Gasteiger partial charge < -0.3 is 9.13 Å². The molecule has 47 heavy (non-hydrogen) atoms. The zero-order valence-electron chi connectivity index (χ0n) is 25.7. The van der Waals surface area contributed by atoms with Gasteiger partial charge in [-0.1, -0.05) is 62.4 Å². The minimum atomic E-state index is -0.235. The van der Waals surface area contributed by atoms with Crippen LogP contribution in [0.2, 0.25) is 0 Å². The van der Waals surface area contributed by atoms with Crippen LogP contribution >= 0.6 is 0 Å². The van der Waals surface area contributed by atoms with E-state index in [2.05, 4.69) is 107 Å². The monoisotopic (exact) mass is 599 g/mol. The summed E-state index contributed by atoms with van der Waals surface area (Å²) >= 11 is 0. The average Bonchev–Trinajstić information content (AvgIpc) is 3.70. The molecule has 0 saturated heterocycles. The van der Waals surface area contributed by atoms with Crippen molar-refractivity contribution in [1.29, 1.82) is 10.5 Å². The van der Waals surface area contributed by atoms with E-state index in [0.717, 1.165) is 55.0 Å². The minimum absolute atomic E-state index is 0.235. The van der Waals surface area contributed by atoms with Gasteiger partial charge in [-0.25, -0.2) is 4.85 Å². The highest BCUT2D eigenvalue weighted by molar-refractivity contribution is 6.14. The largest absolute Gasteiger partial charge is 0.309 e. The predicted octanol–water partition coefficient (Wildman–Crippen LogP) is 10.5. The molecule has 2 aromatic heterocycles. The van der Waals surface area contributed by atoms with E-state index in [1.807, 2.05) is 48.5 Å². The molecule has 0 fully saturated rings. The van der Waals surface area contributed by atoms with E-state index in [4.69, 9.17) is 6.57 Å². The van der Waals surface area contributed by atoms with Gasteiger partial charge in [-0.05, 0) is 94.4 Å². The molecule has 0 bridgehead atoms. The highest BCUT2D eigenvalue weighted by atomic mass is 15.0.